The Morgan fingerprint density at radius 3 is 2.35 bits per heavy atom. The molecule has 2 rings (SSSR count). The molecule has 0 spiro atoms. The predicted molar refractivity (Wildman–Crippen MR) is 79.4 cm³/mol. The molecular weight excluding hydrogens is 276 g/mol. The Balaban J connectivity index is 2.32. The van der Waals surface area contributed by atoms with Crippen molar-refractivity contribution in [3.8, 4) is 5.75 Å². The third-order valence-corrected chi connectivity index (χ3v) is 4.24. The van der Waals surface area contributed by atoms with E-state index in [1.807, 2.05) is 6.92 Å². The minimum Gasteiger partial charge on any atom is -0.497 e. The molecule has 0 aliphatic rings. The molecule has 0 amide bonds. The Labute approximate surface area is 118 Å². The van der Waals surface area contributed by atoms with Crippen molar-refractivity contribution >= 4 is 21.4 Å². The second-order valence-electron chi connectivity index (χ2n) is 4.38. The van der Waals surface area contributed by atoms with Crippen molar-refractivity contribution in [1.29, 1.82) is 0 Å². The Morgan fingerprint density at radius 2 is 1.75 bits per heavy atom. The number of anilines is 2. The van der Waals surface area contributed by atoms with Gasteiger partial charge in [-0.05, 0) is 48.9 Å². The molecule has 0 saturated heterocycles. The topological polar surface area (TPSA) is 81.4 Å². The molecular formula is C14H16N2O3S. The van der Waals surface area contributed by atoms with Crippen LogP contribution < -0.4 is 15.2 Å². The maximum absolute atomic E-state index is 12.3. The van der Waals surface area contributed by atoms with Crippen molar-refractivity contribution in [2.75, 3.05) is 17.6 Å². The Hall–Kier alpha value is -2.21. The summed E-state index contributed by atoms with van der Waals surface area (Å²) in [5, 5.41) is 0. The summed E-state index contributed by atoms with van der Waals surface area (Å²) in [4.78, 5) is 0.0771. The molecule has 2 aromatic rings. The average molecular weight is 292 g/mol. The maximum Gasteiger partial charge on any atom is 0.263 e. The van der Waals surface area contributed by atoms with Crippen LogP contribution in [0.15, 0.2) is 47.4 Å². The number of nitrogens with two attached hydrogens (primary N) is 1. The number of nitrogen functional groups attached to an aromatic ring is 1. The van der Waals surface area contributed by atoms with Crippen LogP contribution >= 0.6 is 0 Å². The second kappa shape index (κ2) is 5.42. The summed E-state index contributed by atoms with van der Waals surface area (Å²) >= 11 is 0. The number of nitrogens with one attached hydrogen (secondary N) is 1. The van der Waals surface area contributed by atoms with Crippen molar-refractivity contribution in [1.82, 2.24) is 0 Å². The van der Waals surface area contributed by atoms with Crippen LogP contribution in [0.5, 0.6) is 5.75 Å². The molecule has 0 aliphatic carbocycles. The van der Waals surface area contributed by atoms with Gasteiger partial charge in [0.2, 0.25) is 0 Å². The summed E-state index contributed by atoms with van der Waals surface area (Å²) in [6, 6.07) is 11.5. The first-order valence-corrected chi connectivity index (χ1v) is 7.44. The fraction of sp³-hybridized carbons (Fsp3) is 0.143. The zero-order valence-electron chi connectivity index (χ0n) is 11.3. The largest absolute Gasteiger partial charge is 0.497 e. The summed E-state index contributed by atoms with van der Waals surface area (Å²) in [6.07, 6.45) is 0. The van der Waals surface area contributed by atoms with Crippen molar-refractivity contribution in [2.24, 2.45) is 0 Å². The van der Waals surface area contributed by atoms with Gasteiger partial charge in [-0.15, -0.1) is 0 Å². The summed E-state index contributed by atoms with van der Waals surface area (Å²) in [6.45, 7) is 1.81. The van der Waals surface area contributed by atoms with Gasteiger partial charge in [-0.2, -0.15) is 0 Å². The van der Waals surface area contributed by atoms with Crippen molar-refractivity contribution in [3.63, 3.8) is 0 Å². The molecule has 0 heterocycles. The minimum absolute atomic E-state index is 0.0771. The highest BCUT2D eigenvalue weighted by Gasteiger charge is 2.17. The second-order valence-corrected chi connectivity index (χ2v) is 6.03. The fourth-order valence-corrected chi connectivity index (χ4v) is 3.02. The first kappa shape index (κ1) is 14.2. The minimum atomic E-state index is -3.70. The quantitative estimate of drug-likeness (QED) is 0.848. The van der Waals surface area contributed by atoms with Gasteiger partial charge >= 0.3 is 0 Å². The van der Waals surface area contributed by atoms with E-state index in [0.717, 1.165) is 5.56 Å². The number of ether oxygens (including phenoxy) is 1. The lowest BCUT2D eigenvalue weighted by atomic mass is 10.2. The summed E-state index contributed by atoms with van der Waals surface area (Å²) in [5.41, 5.74) is 7.23. The first-order valence-electron chi connectivity index (χ1n) is 5.95. The number of rotatable bonds is 4. The Morgan fingerprint density at radius 1 is 1.10 bits per heavy atom. The molecule has 0 bridgehead atoms. The molecule has 0 radical (unpaired) electrons. The summed E-state index contributed by atoms with van der Waals surface area (Å²) in [7, 11) is -2.15. The van der Waals surface area contributed by atoms with Crippen LogP contribution in [0.4, 0.5) is 11.4 Å². The highest BCUT2D eigenvalue weighted by molar-refractivity contribution is 7.92. The SMILES string of the molecule is COc1ccc(NS(=O)(=O)c2cc(C)ccc2N)cc1. The van der Waals surface area contributed by atoms with Crippen LogP contribution in [0.3, 0.4) is 0 Å². The van der Waals surface area contributed by atoms with E-state index >= 15 is 0 Å². The van der Waals surface area contributed by atoms with E-state index in [4.69, 9.17) is 10.5 Å². The van der Waals surface area contributed by atoms with E-state index in [0.29, 0.717) is 11.4 Å². The molecule has 3 N–H and O–H groups in total. The van der Waals surface area contributed by atoms with Gasteiger partial charge in [0.25, 0.3) is 10.0 Å². The lowest BCUT2D eigenvalue weighted by Gasteiger charge is -2.11. The molecule has 106 valence electrons. The number of benzene rings is 2. The lowest BCUT2D eigenvalue weighted by molar-refractivity contribution is 0.415. The molecule has 0 aromatic heterocycles. The molecule has 5 nitrogen and oxygen atoms in total. The lowest BCUT2D eigenvalue weighted by Crippen LogP contribution is -2.15. The zero-order valence-corrected chi connectivity index (χ0v) is 12.1. The molecule has 2 aromatic carbocycles. The molecule has 0 atom stereocenters. The highest BCUT2D eigenvalue weighted by atomic mass is 32.2. The average Bonchev–Trinajstić information content (AvgIpc) is 2.42. The standard InChI is InChI=1S/C14H16N2O3S/c1-10-3-8-13(15)14(9-10)20(17,18)16-11-4-6-12(19-2)7-5-11/h3-9,16H,15H2,1-2H3. The van der Waals surface area contributed by atoms with E-state index in [1.165, 1.54) is 0 Å². The van der Waals surface area contributed by atoms with Crippen molar-refractivity contribution in [3.05, 3.63) is 48.0 Å². The molecule has 20 heavy (non-hydrogen) atoms. The van der Waals surface area contributed by atoms with Gasteiger partial charge in [-0.1, -0.05) is 6.07 Å². The number of aryl methyl sites for hydroxylation is 1. The van der Waals surface area contributed by atoms with E-state index < -0.39 is 10.0 Å². The van der Waals surface area contributed by atoms with Crippen LogP contribution in [0, 0.1) is 6.92 Å². The predicted octanol–water partition coefficient (Wildman–Crippen LogP) is 2.39. The number of sulfonamides is 1. The Kier molecular flexibility index (Phi) is 3.85. The van der Waals surface area contributed by atoms with Crippen LogP contribution in [-0.4, -0.2) is 15.5 Å². The van der Waals surface area contributed by atoms with Gasteiger partial charge in [-0.3, -0.25) is 4.72 Å². The van der Waals surface area contributed by atoms with Crippen LogP contribution in [0.2, 0.25) is 0 Å². The molecule has 0 fully saturated rings. The number of hydrogen-bond donors (Lipinski definition) is 2. The van der Waals surface area contributed by atoms with Gasteiger partial charge in [-0.25, -0.2) is 8.42 Å². The van der Waals surface area contributed by atoms with E-state index in [9.17, 15) is 8.42 Å². The van der Waals surface area contributed by atoms with E-state index in [-0.39, 0.29) is 10.6 Å². The van der Waals surface area contributed by atoms with Gasteiger partial charge in [0.15, 0.2) is 0 Å². The maximum atomic E-state index is 12.3. The zero-order chi connectivity index (χ0) is 14.8. The van der Waals surface area contributed by atoms with Crippen molar-refractivity contribution in [2.45, 2.75) is 11.8 Å². The summed E-state index contributed by atoms with van der Waals surface area (Å²) < 4.78 is 32.1. The van der Waals surface area contributed by atoms with Crippen LogP contribution in [-0.2, 0) is 10.0 Å². The normalized spacial score (nSPS) is 11.1. The van der Waals surface area contributed by atoms with Gasteiger partial charge in [0.1, 0.15) is 10.6 Å². The molecule has 0 aliphatic heterocycles. The van der Waals surface area contributed by atoms with Crippen molar-refractivity contribution < 1.29 is 13.2 Å². The number of hydrogen-bond acceptors (Lipinski definition) is 4. The number of methoxy groups -OCH3 is 1. The molecule has 0 saturated carbocycles. The van der Waals surface area contributed by atoms with E-state index in [1.54, 1.807) is 49.6 Å². The third-order valence-electron chi connectivity index (χ3n) is 2.80. The fourth-order valence-electron chi connectivity index (χ4n) is 1.74. The summed E-state index contributed by atoms with van der Waals surface area (Å²) in [5.74, 6) is 0.656. The Bertz CT molecular complexity index is 710. The van der Waals surface area contributed by atoms with Gasteiger partial charge in [0, 0.05) is 5.69 Å². The van der Waals surface area contributed by atoms with Crippen LogP contribution in [0.1, 0.15) is 5.56 Å². The molecule has 6 heteroatoms. The third kappa shape index (κ3) is 3.03. The highest BCUT2D eigenvalue weighted by Crippen LogP contribution is 2.23. The molecule has 0 unspecified atom stereocenters. The first-order chi connectivity index (χ1) is 9.42. The van der Waals surface area contributed by atoms with Gasteiger partial charge < -0.3 is 10.5 Å². The smallest absolute Gasteiger partial charge is 0.263 e. The van der Waals surface area contributed by atoms with E-state index in [2.05, 4.69) is 4.72 Å². The van der Waals surface area contributed by atoms with Crippen LogP contribution in [0.25, 0.3) is 0 Å². The van der Waals surface area contributed by atoms with Gasteiger partial charge in [0.05, 0.1) is 12.8 Å². The monoisotopic (exact) mass is 292 g/mol.